The van der Waals surface area contributed by atoms with Crippen molar-refractivity contribution in [2.75, 3.05) is 20.3 Å². The molecule has 0 aliphatic heterocycles. The van der Waals surface area contributed by atoms with Gasteiger partial charge in [0.05, 0.1) is 11.5 Å². The Kier molecular flexibility index (Phi) is 7.34. The quantitative estimate of drug-likeness (QED) is 0.451. The van der Waals surface area contributed by atoms with Gasteiger partial charge in [0.2, 0.25) is 10.0 Å². The van der Waals surface area contributed by atoms with Crippen molar-refractivity contribution >= 4 is 21.9 Å². The van der Waals surface area contributed by atoms with E-state index in [1.807, 2.05) is 0 Å². The van der Waals surface area contributed by atoms with Crippen LogP contribution in [0.15, 0.2) is 29.2 Å². The van der Waals surface area contributed by atoms with E-state index in [9.17, 15) is 23.1 Å². The van der Waals surface area contributed by atoms with Crippen molar-refractivity contribution in [2.45, 2.75) is 49.0 Å². The summed E-state index contributed by atoms with van der Waals surface area (Å²) in [6.07, 6.45) is 4.06. The minimum atomic E-state index is -3.79. The zero-order valence-corrected chi connectivity index (χ0v) is 16.2. The number of carboxylic acids is 1. The van der Waals surface area contributed by atoms with E-state index in [1.54, 1.807) is 0 Å². The van der Waals surface area contributed by atoms with E-state index >= 15 is 0 Å². The van der Waals surface area contributed by atoms with Crippen LogP contribution in [0, 0.1) is 0 Å². The fourth-order valence-corrected chi connectivity index (χ4v) is 4.24. The summed E-state index contributed by atoms with van der Waals surface area (Å²) in [7, 11) is -2.32. The number of sulfonamides is 1. The largest absolute Gasteiger partial charge is 0.480 e. The number of amides is 1. The third kappa shape index (κ3) is 5.50. The predicted molar refractivity (Wildman–Crippen MR) is 99.0 cm³/mol. The first-order valence-corrected chi connectivity index (χ1v) is 10.4. The maximum absolute atomic E-state index is 12.7. The molecule has 3 N–H and O–H groups in total. The smallest absolute Gasteiger partial charge is 0.329 e. The third-order valence-electron chi connectivity index (χ3n) is 4.72. The number of nitrogens with one attached hydrogen (secondary N) is 2. The lowest BCUT2D eigenvalue weighted by Gasteiger charge is -2.29. The van der Waals surface area contributed by atoms with Gasteiger partial charge in [0.15, 0.2) is 0 Å². The summed E-state index contributed by atoms with van der Waals surface area (Å²) < 4.78 is 31.8. The van der Waals surface area contributed by atoms with Gasteiger partial charge >= 0.3 is 5.97 Å². The molecule has 0 unspecified atom stereocenters. The predicted octanol–water partition coefficient (Wildman–Crippen LogP) is 1.52. The van der Waals surface area contributed by atoms with E-state index < -0.39 is 27.4 Å². The van der Waals surface area contributed by atoms with Crippen molar-refractivity contribution in [3.05, 3.63) is 29.8 Å². The fraction of sp³-hybridized carbons (Fsp3) is 0.556. The van der Waals surface area contributed by atoms with Crippen LogP contribution >= 0.6 is 0 Å². The van der Waals surface area contributed by atoms with Crippen LogP contribution in [0.4, 0.5) is 0 Å². The highest BCUT2D eigenvalue weighted by atomic mass is 32.2. The number of carbonyl (C=O) groups is 2. The lowest BCUT2D eigenvalue weighted by molar-refractivity contribution is -0.145. The summed E-state index contributed by atoms with van der Waals surface area (Å²) in [5.74, 6) is -1.64. The summed E-state index contributed by atoms with van der Waals surface area (Å²) in [6.45, 7) is 0.331. The van der Waals surface area contributed by atoms with E-state index in [4.69, 9.17) is 4.74 Å². The number of rotatable bonds is 8. The van der Waals surface area contributed by atoms with Crippen molar-refractivity contribution in [2.24, 2.45) is 0 Å². The second kappa shape index (κ2) is 9.29. The number of aliphatic carboxylic acids is 1. The maximum atomic E-state index is 12.7. The maximum Gasteiger partial charge on any atom is 0.329 e. The van der Waals surface area contributed by atoms with Crippen LogP contribution in [-0.4, -0.2) is 51.2 Å². The average Bonchev–Trinajstić information content (AvgIpc) is 2.88. The fourth-order valence-electron chi connectivity index (χ4n) is 3.18. The zero-order valence-electron chi connectivity index (χ0n) is 15.4. The highest BCUT2D eigenvalue weighted by Gasteiger charge is 2.40. The molecule has 27 heavy (non-hydrogen) atoms. The van der Waals surface area contributed by atoms with Gasteiger partial charge in [-0.1, -0.05) is 31.7 Å². The molecule has 1 fully saturated rings. The normalized spacial score (nSPS) is 17.1. The number of hydrogen-bond donors (Lipinski definition) is 3. The molecule has 1 aromatic rings. The molecule has 0 heterocycles. The molecule has 150 valence electrons. The van der Waals surface area contributed by atoms with Gasteiger partial charge in [-0.3, -0.25) is 4.79 Å². The van der Waals surface area contributed by atoms with Gasteiger partial charge in [-0.05, 0) is 31.0 Å². The lowest BCUT2D eigenvalue weighted by atomic mass is 9.90. The van der Waals surface area contributed by atoms with E-state index in [1.165, 1.54) is 31.4 Å². The second-order valence-electron chi connectivity index (χ2n) is 6.67. The van der Waals surface area contributed by atoms with Gasteiger partial charge in [-0.2, -0.15) is 0 Å². The molecule has 0 aromatic heterocycles. The molecule has 1 amide bonds. The zero-order chi connectivity index (χ0) is 19.9. The molecule has 1 aliphatic carbocycles. The van der Waals surface area contributed by atoms with Crippen molar-refractivity contribution in [1.82, 2.24) is 10.0 Å². The lowest BCUT2D eigenvalue weighted by Crippen LogP contribution is -2.54. The molecular formula is C18H26N2O6S. The molecule has 1 saturated carbocycles. The minimum absolute atomic E-state index is 0.0588. The SMILES string of the molecule is COCCNS(=O)(=O)c1cccc(C(=O)NC2(C(=O)O)CCCCCC2)c1. The van der Waals surface area contributed by atoms with Crippen LogP contribution in [0.5, 0.6) is 0 Å². The first-order valence-electron chi connectivity index (χ1n) is 8.95. The number of benzene rings is 1. The Balaban J connectivity index is 2.20. The van der Waals surface area contributed by atoms with Crippen LogP contribution in [0.25, 0.3) is 0 Å². The first kappa shape index (κ1) is 21.3. The summed E-state index contributed by atoms with van der Waals surface area (Å²) in [4.78, 5) is 24.4. The van der Waals surface area contributed by atoms with Gasteiger partial charge in [-0.25, -0.2) is 17.9 Å². The molecular weight excluding hydrogens is 372 g/mol. The molecule has 0 spiro atoms. The van der Waals surface area contributed by atoms with Gasteiger partial charge in [0, 0.05) is 19.2 Å². The average molecular weight is 398 g/mol. The summed E-state index contributed by atoms with van der Waals surface area (Å²) >= 11 is 0. The summed E-state index contributed by atoms with van der Waals surface area (Å²) in [5, 5.41) is 12.3. The number of carboxylic acid groups (broad SMARTS) is 1. The molecule has 1 aromatic carbocycles. The van der Waals surface area contributed by atoms with Crippen LogP contribution in [0.2, 0.25) is 0 Å². The van der Waals surface area contributed by atoms with E-state index in [0.29, 0.717) is 12.8 Å². The monoisotopic (exact) mass is 398 g/mol. The Labute approximate surface area is 159 Å². The molecule has 0 saturated heterocycles. The van der Waals surface area contributed by atoms with Crippen LogP contribution in [0.1, 0.15) is 48.9 Å². The topological polar surface area (TPSA) is 122 Å². The van der Waals surface area contributed by atoms with Crippen molar-refractivity contribution in [3.8, 4) is 0 Å². The Bertz CT molecular complexity index is 770. The standard InChI is InChI=1S/C18H26N2O6S/c1-26-12-11-19-27(24,25)15-8-6-7-14(13-15)16(21)20-18(17(22)23)9-4-2-3-5-10-18/h6-8,13,19H,2-5,9-12H2,1H3,(H,20,21)(H,22,23). The van der Waals surface area contributed by atoms with Crippen LogP contribution < -0.4 is 10.0 Å². The Morgan fingerprint density at radius 1 is 1.19 bits per heavy atom. The Morgan fingerprint density at radius 2 is 1.85 bits per heavy atom. The van der Waals surface area contributed by atoms with E-state index in [0.717, 1.165) is 25.7 Å². The third-order valence-corrected chi connectivity index (χ3v) is 6.18. The molecule has 0 atom stereocenters. The van der Waals surface area contributed by atoms with Crippen LogP contribution in [0.3, 0.4) is 0 Å². The van der Waals surface area contributed by atoms with Crippen molar-refractivity contribution < 1.29 is 27.9 Å². The van der Waals surface area contributed by atoms with Crippen molar-refractivity contribution in [3.63, 3.8) is 0 Å². The highest BCUT2D eigenvalue weighted by Crippen LogP contribution is 2.28. The van der Waals surface area contributed by atoms with Gasteiger partial charge in [0.1, 0.15) is 5.54 Å². The number of ether oxygens (including phenoxy) is 1. The Morgan fingerprint density at radius 3 is 2.44 bits per heavy atom. The molecule has 1 aliphatic rings. The van der Waals surface area contributed by atoms with Crippen LogP contribution in [-0.2, 0) is 19.6 Å². The molecule has 8 nitrogen and oxygen atoms in total. The summed E-state index contributed by atoms with van der Waals surface area (Å²) in [5.41, 5.74) is -1.20. The molecule has 2 rings (SSSR count). The van der Waals surface area contributed by atoms with E-state index in [-0.39, 0.29) is 23.6 Å². The second-order valence-corrected chi connectivity index (χ2v) is 8.44. The minimum Gasteiger partial charge on any atom is -0.480 e. The molecule has 9 heteroatoms. The van der Waals surface area contributed by atoms with Crippen molar-refractivity contribution in [1.29, 1.82) is 0 Å². The van der Waals surface area contributed by atoms with E-state index in [2.05, 4.69) is 10.0 Å². The number of hydrogen-bond acceptors (Lipinski definition) is 5. The highest BCUT2D eigenvalue weighted by molar-refractivity contribution is 7.89. The molecule has 0 radical (unpaired) electrons. The summed E-state index contributed by atoms with van der Waals surface area (Å²) in [6, 6.07) is 5.55. The van der Waals surface area contributed by atoms with Gasteiger partial charge < -0.3 is 15.2 Å². The van der Waals surface area contributed by atoms with Gasteiger partial charge in [-0.15, -0.1) is 0 Å². The molecule has 0 bridgehead atoms. The van der Waals surface area contributed by atoms with Gasteiger partial charge in [0.25, 0.3) is 5.91 Å². The number of methoxy groups -OCH3 is 1. The first-order chi connectivity index (χ1) is 12.8. The Hall–Kier alpha value is -1.97. The number of carbonyl (C=O) groups excluding carboxylic acids is 1.